The molecule has 1 saturated heterocycles. The van der Waals surface area contributed by atoms with Crippen molar-refractivity contribution < 1.29 is 4.79 Å². The Morgan fingerprint density at radius 2 is 2.05 bits per heavy atom. The van der Waals surface area contributed by atoms with Crippen LogP contribution in [0.2, 0.25) is 0 Å². The highest BCUT2D eigenvalue weighted by molar-refractivity contribution is 7.09. The molecule has 2 heterocycles. The van der Waals surface area contributed by atoms with Gasteiger partial charge in [0.1, 0.15) is 6.54 Å². The molecule has 0 saturated carbocycles. The molecule has 1 aliphatic heterocycles. The standard InChI is InChI=1S/C13H21N3O2S.ClH/c1-8-9(2)15(6-5-14-8)12(17)7-16-10(3)11(4)19-13(16)18;/h8-9,14H,5-7H2,1-4H3;1H. The first-order valence-corrected chi connectivity index (χ1v) is 7.43. The van der Waals surface area contributed by atoms with Gasteiger partial charge in [-0.2, -0.15) is 0 Å². The summed E-state index contributed by atoms with van der Waals surface area (Å²) < 4.78 is 1.59. The number of hydrogen-bond donors (Lipinski definition) is 1. The number of nitrogens with zero attached hydrogens (tertiary/aromatic N) is 2. The molecule has 0 radical (unpaired) electrons. The van der Waals surface area contributed by atoms with Gasteiger partial charge in [-0.1, -0.05) is 11.3 Å². The van der Waals surface area contributed by atoms with E-state index in [0.717, 1.165) is 17.1 Å². The highest BCUT2D eigenvalue weighted by Crippen LogP contribution is 2.13. The van der Waals surface area contributed by atoms with Gasteiger partial charge in [0, 0.05) is 35.7 Å². The van der Waals surface area contributed by atoms with E-state index in [1.54, 1.807) is 4.57 Å². The lowest BCUT2D eigenvalue weighted by Crippen LogP contribution is -2.58. The fourth-order valence-electron chi connectivity index (χ4n) is 2.40. The summed E-state index contributed by atoms with van der Waals surface area (Å²) in [5, 5.41) is 3.35. The molecule has 0 aliphatic carbocycles. The molecule has 5 nitrogen and oxygen atoms in total. The van der Waals surface area contributed by atoms with Gasteiger partial charge in [-0.25, -0.2) is 0 Å². The zero-order valence-electron chi connectivity index (χ0n) is 12.3. The number of aryl methyl sites for hydroxylation is 1. The van der Waals surface area contributed by atoms with Crippen molar-refractivity contribution in [3.63, 3.8) is 0 Å². The maximum Gasteiger partial charge on any atom is 0.308 e. The summed E-state index contributed by atoms with van der Waals surface area (Å²) in [5.41, 5.74) is 0.902. The fourth-order valence-corrected chi connectivity index (χ4v) is 3.24. The quantitative estimate of drug-likeness (QED) is 0.890. The van der Waals surface area contributed by atoms with Crippen LogP contribution in [0.5, 0.6) is 0 Å². The summed E-state index contributed by atoms with van der Waals surface area (Å²) in [6.07, 6.45) is 0. The molecule has 0 aromatic carbocycles. The Kier molecular flexibility index (Phi) is 5.79. The van der Waals surface area contributed by atoms with Crippen LogP contribution >= 0.6 is 23.7 Å². The average Bonchev–Trinajstić information content (AvgIpc) is 2.59. The van der Waals surface area contributed by atoms with E-state index >= 15 is 0 Å². The summed E-state index contributed by atoms with van der Waals surface area (Å²) >= 11 is 1.21. The Balaban J connectivity index is 0.00000200. The molecular formula is C13H22ClN3O2S. The Labute approximate surface area is 129 Å². The van der Waals surface area contributed by atoms with Crippen molar-refractivity contribution in [3.8, 4) is 0 Å². The van der Waals surface area contributed by atoms with E-state index in [4.69, 9.17) is 0 Å². The van der Waals surface area contributed by atoms with Crippen LogP contribution in [0.3, 0.4) is 0 Å². The number of carbonyl (C=O) groups is 1. The van der Waals surface area contributed by atoms with Crippen LogP contribution in [0.1, 0.15) is 24.4 Å². The Morgan fingerprint density at radius 1 is 1.40 bits per heavy atom. The van der Waals surface area contributed by atoms with Gasteiger partial charge in [-0.3, -0.25) is 14.2 Å². The summed E-state index contributed by atoms with van der Waals surface area (Å²) in [4.78, 5) is 27.0. The molecule has 114 valence electrons. The first-order chi connectivity index (χ1) is 8.91. The number of nitrogens with one attached hydrogen (secondary N) is 1. The minimum absolute atomic E-state index is 0. The predicted molar refractivity (Wildman–Crippen MR) is 83.9 cm³/mol. The molecule has 7 heteroatoms. The average molecular weight is 320 g/mol. The number of aromatic nitrogens is 1. The van der Waals surface area contributed by atoms with Crippen LogP contribution in [-0.4, -0.2) is 40.5 Å². The lowest BCUT2D eigenvalue weighted by Gasteiger charge is -2.38. The van der Waals surface area contributed by atoms with Crippen molar-refractivity contribution in [1.82, 2.24) is 14.8 Å². The maximum atomic E-state index is 12.4. The highest BCUT2D eigenvalue weighted by atomic mass is 35.5. The van der Waals surface area contributed by atoms with Crippen molar-refractivity contribution >= 4 is 29.7 Å². The SMILES string of the molecule is Cc1sc(=O)n(CC(=O)N2CCNC(C)C2C)c1C.Cl. The van der Waals surface area contributed by atoms with Crippen molar-refractivity contribution in [1.29, 1.82) is 0 Å². The normalized spacial score (nSPS) is 22.5. The molecule has 1 aliphatic rings. The Morgan fingerprint density at radius 3 is 2.60 bits per heavy atom. The molecule has 0 bridgehead atoms. The van der Waals surface area contributed by atoms with E-state index in [9.17, 15) is 9.59 Å². The van der Waals surface area contributed by atoms with E-state index in [2.05, 4.69) is 12.2 Å². The van der Waals surface area contributed by atoms with Gasteiger partial charge in [-0.15, -0.1) is 12.4 Å². The first-order valence-electron chi connectivity index (χ1n) is 6.61. The fraction of sp³-hybridized carbons (Fsp3) is 0.692. The molecule has 1 amide bonds. The van der Waals surface area contributed by atoms with E-state index < -0.39 is 0 Å². The van der Waals surface area contributed by atoms with Crippen molar-refractivity contribution in [2.75, 3.05) is 13.1 Å². The van der Waals surface area contributed by atoms with Crippen LogP contribution in [0.25, 0.3) is 0 Å². The first kappa shape index (κ1) is 17.2. The van der Waals surface area contributed by atoms with E-state index in [-0.39, 0.29) is 35.8 Å². The third kappa shape index (κ3) is 3.24. The number of piperazine rings is 1. The third-order valence-corrected chi connectivity index (χ3v) is 5.02. The minimum atomic E-state index is -0.0424. The van der Waals surface area contributed by atoms with Gasteiger partial charge in [0.05, 0.1) is 0 Å². The number of rotatable bonds is 2. The lowest BCUT2D eigenvalue weighted by atomic mass is 10.1. The number of carbonyl (C=O) groups excluding carboxylic acids is 1. The molecule has 1 aromatic rings. The van der Waals surface area contributed by atoms with Gasteiger partial charge in [-0.05, 0) is 27.7 Å². The molecule has 1 N–H and O–H groups in total. The predicted octanol–water partition coefficient (Wildman–Crippen LogP) is 1.16. The monoisotopic (exact) mass is 319 g/mol. The smallest absolute Gasteiger partial charge is 0.308 e. The zero-order chi connectivity index (χ0) is 14.2. The van der Waals surface area contributed by atoms with Crippen LogP contribution in [-0.2, 0) is 11.3 Å². The Hall–Kier alpha value is -0.850. The molecular weight excluding hydrogens is 298 g/mol. The summed E-state index contributed by atoms with van der Waals surface area (Å²) in [6, 6.07) is 0.455. The van der Waals surface area contributed by atoms with Gasteiger partial charge >= 0.3 is 4.87 Å². The minimum Gasteiger partial charge on any atom is -0.336 e. The van der Waals surface area contributed by atoms with Gasteiger partial charge in [0.2, 0.25) is 5.91 Å². The van der Waals surface area contributed by atoms with Crippen LogP contribution in [0.4, 0.5) is 0 Å². The largest absolute Gasteiger partial charge is 0.336 e. The summed E-state index contributed by atoms with van der Waals surface area (Å²) in [6.45, 7) is 9.61. The van der Waals surface area contributed by atoms with Crippen LogP contribution < -0.4 is 10.2 Å². The van der Waals surface area contributed by atoms with Gasteiger partial charge in [0.15, 0.2) is 0 Å². The highest BCUT2D eigenvalue weighted by Gasteiger charge is 2.28. The second kappa shape index (κ2) is 6.74. The molecule has 0 spiro atoms. The third-order valence-electron chi connectivity index (χ3n) is 4.02. The molecule has 1 aromatic heterocycles. The number of amides is 1. The van der Waals surface area contributed by atoms with Gasteiger partial charge in [0.25, 0.3) is 0 Å². The zero-order valence-corrected chi connectivity index (χ0v) is 13.9. The number of hydrogen-bond acceptors (Lipinski definition) is 4. The topological polar surface area (TPSA) is 54.3 Å². The molecule has 2 rings (SSSR count). The van der Waals surface area contributed by atoms with Crippen molar-refractivity contribution in [2.24, 2.45) is 0 Å². The summed E-state index contributed by atoms with van der Waals surface area (Å²) in [5.74, 6) is 0.0313. The van der Waals surface area contributed by atoms with Crippen molar-refractivity contribution in [3.05, 3.63) is 20.2 Å². The molecule has 2 atom stereocenters. The second-order valence-corrected chi connectivity index (χ2v) is 6.33. The Bertz CT molecular complexity index is 540. The van der Waals surface area contributed by atoms with E-state index in [1.807, 2.05) is 25.7 Å². The lowest BCUT2D eigenvalue weighted by molar-refractivity contribution is -0.135. The molecule has 20 heavy (non-hydrogen) atoms. The van der Waals surface area contributed by atoms with Crippen molar-refractivity contribution in [2.45, 2.75) is 46.3 Å². The number of halogens is 1. The van der Waals surface area contributed by atoms with Crippen LogP contribution in [0.15, 0.2) is 4.79 Å². The molecule has 2 unspecified atom stereocenters. The maximum absolute atomic E-state index is 12.4. The van der Waals surface area contributed by atoms with E-state index in [0.29, 0.717) is 12.6 Å². The van der Waals surface area contributed by atoms with Gasteiger partial charge < -0.3 is 10.2 Å². The second-order valence-electron chi connectivity index (χ2n) is 5.17. The van der Waals surface area contributed by atoms with E-state index in [1.165, 1.54) is 11.3 Å². The van der Waals surface area contributed by atoms with Crippen LogP contribution in [0, 0.1) is 13.8 Å². The summed E-state index contributed by atoms with van der Waals surface area (Å²) in [7, 11) is 0. The molecule has 1 fully saturated rings. The number of thiazole rings is 1.